The molecule has 1 amide bonds. The molecule has 3 aromatic rings. The Morgan fingerprint density at radius 1 is 1.36 bits per heavy atom. The summed E-state index contributed by atoms with van der Waals surface area (Å²) in [4.78, 5) is 17.9. The van der Waals surface area contributed by atoms with Crippen molar-refractivity contribution < 1.29 is 9.53 Å². The first-order valence-corrected chi connectivity index (χ1v) is 11.8. The molecule has 2 aromatic carbocycles. The fourth-order valence-corrected chi connectivity index (χ4v) is 5.03. The maximum Gasteiger partial charge on any atom is 0.238 e. The van der Waals surface area contributed by atoms with Crippen LogP contribution in [-0.2, 0) is 11.2 Å². The Morgan fingerprint density at radius 2 is 2.18 bits per heavy atom. The van der Waals surface area contributed by atoms with E-state index in [1.54, 1.807) is 11.3 Å². The molecule has 2 atom stereocenters. The third-order valence-corrected chi connectivity index (χ3v) is 6.74. The van der Waals surface area contributed by atoms with Crippen molar-refractivity contribution in [3.8, 4) is 32.8 Å². The van der Waals surface area contributed by atoms with E-state index in [2.05, 4.69) is 28.5 Å². The Hall–Kier alpha value is -3.25. The highest BCUT2D eigenvalue weighted by atomic mass is 32.1. The maximum atomic E-state index is 12.2. The molecule has 1 aliphatic rings. The van der Waals surface area contributed by atoms with E-state index in [-0.39, 0.29) is 24.6 Å². The van der Waals surface area contributed by atoms with Crippen LogP contribution in [0.1, 0.15) is 43.0 Å². The predicted molar refractivity (Wildman–Crippen MR) is 130 cm³/mol. The van der Waals surface area contributed by atoms with Crippen molar-refractivity contribution >= 4 is 17.2 Å². The van der Waals surface area contributed by atoms with Crippen molar-refractivity contribution in [1.82, 2.24) is 10.3 Å². The zero-order chi connectivity index (χ0) is 23.5. The molecule has 0 radical (unpaired) electrons. The number of thiazole rings is 1. The number of hydrogen-bond donors (Lipinski definition) is 3. The number of benzene rings is 2. The molecule has 0 bridgehead atoms. The van der Waals surface area contributed by atoms with Gasteiger partial charge in [0.15, 0.2) is 0 Å². The smallest absolute Gasteiger partial charge is 0.238 e. The molecule has 5 N–H and O–H groups in total. The molecule has 170 valence electrons. The van der Waals surface area contributed by atoms with E-state index in [4.69, 9.17) is 16.2 Å². The molecule has 0 fully saturated rings. The average Bonchev–Trinajstić information content (AvgIpc) is 3.46. The van der Waals surface area contributed by atoms with Crippen molar-refractivity contribution in [2.24, 2.45) is 11.5 Å². The molecule has 1 heterocycles. The van der Waals surface area contributed by atoms with Gasteiger partial charge in [-0.15, -0.1) is 11.3 Å². The summed E-state index contributed by atoms with van der Waals surface area (Å²) < 4.78 is 5.73. The number of amides is 1. The summed E-state index contributed by atoms with van der Waals surface area (Å²) in [5, 5.41) is 13.4. The normalized spacial score (nSPS) is 15.7. The Labute approximate surface area is 197 Å². The van der Waals surface area contributed by atoms with Gasteiger partial charge in [0.1, 0.15) is 16.8 Å². The van der Waals surface area contributed by atoms with E-state index in [1.165, 1.54) is 5.56 Å². The monoisotopic (exact) mass is 461 g/mol. The minimum absolute atomic E-state index is 0.00533. The summed E-state index contributed by atoms with van der Waals surface area (Å²) in [5.74, 6) is 0.357. The summed E-state index contributed by atoms with van der Waals surface area (Å²) in [6.45, 7) is 3.99. The third kappa shape index (κ3) is 4.76. The Balaban J connectivity index is 1.61. The lowest BCUT2D eigenvalue weighted by Crippen LogP contribution is -2.46. The van der Waals surface area contributed by atoms with Gasteiger partial charge in [-0.1, -0.05) is 18.2 Å². The highest BCUT2D eigenvalue weighted by molar-refractivity contribution is 7.18. The molecule has 0 saturated heterocycles. The summed E-state index contributed by atoms with van der Waals surface area (Å²) in [7, 11) is 0. The Bertz CT molecular complexity index is 1210. The van der Waals surface area contributed by atoms with Gasteiger partial charge in [-0.25, -0.2) is 4.98 Å². The number of fused-ring (bicyclic) bond motifs is 1. The number of aromatic nitrogens is 1. The zero-order valence-electron chi connectivity index (χ0n) is 18.7. The minimum Gasteiger partial charge on any atom is -0.490 e. The first-order chi connectivity index (χ1) is 15.9. The second kappa shape index (κ2) is 9.71. The van der Waals surface area contributed by atoms with Crippen molar-refractivity contribution in [1.29, 1.82) is 5.26 Å². The number of nitriles is 1. The quantitative estimate of drug-likeness (QED) is 0.494. The minimum atomic E-state index is -0.697. The summed E-state index contributed by atoms with van der Waals surface area (Å²) in [6, 6.07) is 13.2. The van der Waals surface area contributed by atoms with Gasteiger partial charge in [0.25, 0.3) is 0 Å². The van der Waals surface area contributed by atoms with Crippen LogP contribution in [-0.4, -0.2) is 29.6 Å². The average molecular weight is 462 g/mol. The number of hydrogen-bond acceptors (Lipinski definition) is 7. The molecule has 8 heteroatoms. The van der Waals surface area contributed by atoms with Crippen molar-refractivity contribution in [3.63, 3.8) is 0 Å². The van der Waals surface area contributed by atoms with Crippen molar-refractivity contribution in [3.05, 3.63) is 59.3 Å². The van der Waals surface area contributed by atoms with Crippen molar-refractivity contribution in [2.75, 3.05) is 6.54 Å². The van der Waals surface area contributed by atoms with Crippen LogP contribution in [0.25, 0.3) is 21.0 Å². The molecular formula is C25H27N5O2S. The fourth-order valence-electron chi connectivity index (χ4n) is 4.06. The van der Waals surface area contributed by atoms with Crippen LogP contribution in [0.15, 0.2) is 42.6 Å². The summed E-state index contributed by atoms with van der Waals surface area (Å²) >= 11 is 1.58. The summed E-state index contributed by atoms with van der Waals surface area (Å²) in [5.41, 5.74) is 16.1. The topological polar surface area (TPSA) is 127 Å². The third-order valence-electron chi connectivity index (χ3n) is 5.66. The number of nitrogens with zero attached hydrogens (tertiary/aromatic N) is 2. The maximum absolute atomic E-state index is 12.2. The first-order valence-electron chi connectivity index (χ1n) is 11.0. The molecule has 4 rings (SSSR count). The number of nitrogens with one attached hydrogen (secondary N) is 1. The van der Waals surface area contributed by atoms with E-state index in [0.29, 0.717) is 11.3 Å². The molecule has 2 unspecified atom stereocenters. The first kappa shape index (κ1) is 22.9. The van der Waals surface area contributed by atoms with Crippen LogP contribution in [0.5, 0.6) is 5.75 Å². The summed E-state index contributed by atoms with van der Waals surface area (Å²) in [6.07, 6.45) is 3.55. The molecule has 7 nitrogen and oxygen atoms in total. The fraction of sp³-hybridized carbons (Fsp3) is 0.320. The van der Waals surface area contributed by atoms with Gasteiger partial charge in [0.05, 0.1) is 28.6 Å². The van der Waals surface area contributed by atoms with Crippen LogP contribution in [0.3, 0.4) is 0 Å². The molecular weight excluding hydrogens is 434 g/mol. The zero-order valence-corrected chi connectivity index (χ0v) is 19.5. The van der Waals surface area contributed by atoms with E-state index in [9.17, 15) is 10.1 Å². The van der Waals surface area contributed by atoms with E-state index in [1.807, 2.05) is 44.3 Å². The lowest BCUT2D eigenvalue weighted by atomic mass is 10.0. The van der Waals surface area contributed by atoms with Crippen LogP contribution in [0, 0.1) is 11.3 Å². The number of nitrogens with two attached hydrogens (primary N) is 2. The van der Waals surface area contributed by atoms with Crippen LogP contribution < -0.4 is 21.5 Å². The Morgan fingerprint density at radius 3 is 2.91 bits per heavy atom. The molecule has 33 heavy (non-hydrogen) atoms. The SMILES string of the molecule is CC(C)Oc1ccc(-c2ncc(-c3cccc4c3CCC4NC(=O)C(N)CN)s2)cc1C#N. The molecule has 0 aliphatic heterocycles. The largest absolute Gasteiger partial charge is 0.490 e. The Kier molecular flexibility index (Phi) is 6.75. The van der Waals surface area contributed by atoms with Gasteiger partial charge in [-0.2, -0.15) is 5.26 Å². The molecule has 0 spiro atoms. The van der Waals surface area contributed by atoms with Gasteiger partial charge < -0.3 is 21.5 Å². The highest BCUT2D eigenvalue weighted by Crippen LogP contribution is 2.41. The van der Waals surface area contributed by atoms with Gasteiger partial charge in [-0.05, 0) is 61.6 Å². The molecule has 1 aromatic heterocycles. The van der Waals surface area contributed by atoms with E-state index >= 15 is 0 Å². The molecule has 1 aliphatic carbocycles. The van der Waals surface area contributed by atoms with Crippen LogP contribution in [0.4, 0.5) is 0 Å². The number of carbonyl (C=O) groups excluding carboxylic acids is 1. The number of ether oxygens (including phenoxy) is 1. The van der Waals surface area contributed by atoms with Crippen LogP contribution in [0.2, 0.25) is 0 Å². The highest BCUT2D eigenvalue weighted by Gasteiger charge is 2.28. The number of carbonyl (C=O) groups is 1. The standard InChI is InChI=1S/C25H27N5O2S/c1-14(2)32-22-9-6-15(10-16(22)11-26)25-29-13-23(33-25)19-5-3-4-18-17(19)7-8-21(18)30-24(31)20(28)12-27/h3-6,9-10,13-14,20-21H,7-8,12,27-28H2,1-2H3,(H,30,31). The number of rotatable bonds is 7. The van der Waals surface area contributed by atoms with Crippen LogP contribution >= 0.6 is 11.3 Å². The van der Waals surface area contributed by atoms with Gasteiger partial charge >= 0.3 is 0 Å². The lowest BCUT2D eigenvalue weighted by Gasteiger charge is -2.17. The lowest BCUT2D eigenvalue weighted by molar-refractivity contribution is -0.122. The second-order valence-corrected chi connectivity index (χ2v) is 9.37. The van der Waals surface area contributed by atoms with E-state index in [0.717, 1.165) is 39.4 Å². The van der Waals surface area contributed by atoms with Gasteiger partial charge in [0.2, 0.25) is 5.91 Å². The molecule has 0 saturated carbocycles. The van der Waals surface area contributed by atoms with E-state index < -0.39 is 6.04 Å². The van der Waals surface area contributed by atoms with Crippen molar-refractivity contribution in [2.45, 2.75) is 44.9 Å². The predicted octanol–water partition coefficient (Wildman–Crippen LogP) is 3.53. The second-order valence-electron chi connectivity index (χ2n) is 8.33. The van der Waals surface area contributed by atoms with Gasteiger partial charge in [-0.3, -0.25) is 4.79 Å². The van der Waals surface area contributed by atoms with Gasteiger partial charge in [0, 0.05) is 18.3 Å².